The number of carbonyl (C=O) groups is 1. The lowest BCUT2D eigenvalue weighted by Gasteiger charge is -2.10. The topological polar surface area (TPSA) is 96.8 Å². The molecule has 0 bridgehead atoms. The second-order valence-corrected chi connectivity index (χ2v) is 6.06. The molecule has 0 unspecified atom stereocenters. The minimum atomic E-state index is -0.111. The second kappa shape index (κ2) is 7.83. The van der Waals surface area contributed by atoms with Crippen LogP contribution < -0.4 is 16.0 Å². The molecule has 9 heteroatoms. The summed E-state index contributed by atoms with van der Waals surface area (Å²) in [6.45, 7) is 1.97. The summed E-state index contributed by atoms with van der Waals surface area (Å²) in [5, 5.41) is 13.5. The maximum absolute atomic E-state index is 11.2. The highest BCUT2D eigenvalue weighted by Crippen LogP contribution is 2.22. The van der Waals surface area contributed by atoms with Gasteiger partial charge in [-0.05, 0) is 17.7 Å². The molecule has 1 amide bonds. The summed E-state index contributed by atoms with van der Waals surface area (Å²) in [5.74, 6) is 0.815. The van der Waals surface area contributed by atoms with Crippen molar-refractivity contribution in [1.29, 1.82) is 0 Å². The van der Waals surface area contributed by atoms with Crippen molar-refractivity contribution in [3.63, 3.8) is 0 Å². The van der Waals surface area contributed by atoms with Crippen LogP contribution in [0.2, 0.25) is 5.02 Å². The molecule has 3 N–H and O–H groups in total. The Balaban J connectivity index is 1.69. The van der Waals surface area contributed by atoms with E-state index in [4.69, 9.17) is 11.6 Å². The fourth-order valence-corrected chi connectivity index (χ4v) is 2.47. The van der Waals surface area contributed by atoms with Gasteiger partial charge in [-0.15, -0.1) is 0 Å². The third-order valence-electron chi connectivity index (χ3n) is 3.41. The van der Waals surface area contributed by atoms with E-state index in [-0.39, 0.29) is 5.91 Å². The number of anilines is 4. The lowest BCUT2D eigenvalue weighted by atomic mass is 10.2. The molecule has 0 radical (unpaired) electrons. The molecule has 8 nitrogen and oxygen atoms in total. The number of aryl methyl sites for hydroxylation is 1. The fraction of sp³-hybridized carbons (Fsp3) is 0.176. The number of hydrogen-bond donors (Lipinski definition) is 3. The first-order valence-corrected chi connectivity index (χ1v) is 8.26. The largest absolute Gasteiger partial charge is 0.365 e. The number of amides is 1. The molecule has 0 atom stereocenters. The SMILES string of the molecule is CC(=O)Nc1cccc(CNc2nc(Nc3cnn(C)c3)ncc2Cl)c1. The number of nitrogens with one attached hydrogen (secondary N) is 3. The summed E-state index contributed by atoms with van der Waals surface area (Å²) in [4.78, 5) is 19.7. The molecule has 3 rings (SSSR count). The van der Waals surface area contributed by atoms with Gasteiger partial charge in [0.05, 0.1) is 18.1 Å². The second-order valence-electron chi connectivity index (χ2n) is 5.65. The Hall–Kier alpha value is -3.13. The number of halogens is 1. The molecule has 2 aromatic heterocycles. The molecule has 1 aromatic carbocycles. The zero-order chi connectivity index (χ0) is 18.5. The molecule has 0 saturated carbocycles. The number of hydrogen-bond acceptors (Lipinski definition) is 6. The predicted octanol–water partition coefficient (Wildman–Crippen LogP) is 3.18. The van der Waals surface area contributed by atoms with Crippen LogP contribution in [0.15, 0.2) is 42.9 Å². The standard InChI is InChI=1S/C17H18ClN7O/c1-11(26)22-13-5-3-4-12(6-13)7-19-16-15(18)9-20-17(24-16)23-14-8-21-25(2)10-14/h3-6,8-10H,7H2,1-2H3,(H,22,26)(H2,19,20,23,24). The average Bonchev–Trinajstić information content (AvgIpc) is 3.00. The van der Waals surface area contributed by atoms with Crippen LogP contribution in [-0.4, -0.2) is 25.7 Å². The molecule has 26 heavy (non-hydrogen) atoms. The third kappa shape index (κ3) is 4.70. The van der Waals surface area contributed by atoms with Crippen LogP contribution in [-0.2, 0) is 18.4 Å². The zero-order valence-corrected chi connectivity index (χ0v) is 15.1. The maximum Gasteiger partial charge on any atom is 0.229 e. The van der Waals surface area contributed by atoms with Crippen molar-refractivity contribution in [2.75, 3.05) is 16.0 Å². The van der Waals surface area contributed by atoms with Gasteiger partial charge in [-0.2, -0.15) is 10.1 Å². The lowest BCUT2D eigenvalue weighted by Crippen LogP contribution is -2.07. The number of rotatable bonds is 6. The van der Waals surface area contributed by atoms with Crippen molar-refractivity contribution >= 4 is 40.6 Å². The molecule has 0 fully saturated rings. The normalized spacial score (nSPS) is 10.4. The van der Waals surface area contributed by atoms with Gasteiger partial charge in [0.1, 0.15) is 5.02 Å². The van der Waals surface area contributed by atoms with E-state index in [2.05, 4.69) is 31.0 Å². The van der Waals surface area contributed by atoms with Crippen LogP contribution in [0.4, 0.5) is 23.1 Å². The van der Waals surface area contributed by atoms with Crippen molar-refractivity contribution < 1.29 is 4.79 Å². The van der Waals surface area contributed by atoms with E-state index in [9.17, 15) is 4.79 Å². The highest BCUT2D eigenvalue weighted by atomic mass is 35.5. The molecule has 0 spiro atoms. The van der Waals surface area contributed by atoms with E-state index in [1.807, 2.05) is 37.5 Å². The van der Waals surface area contributed by atoms with Gasteiger partial charge in [-0.25, -0.2) is 4.98 Å². The Morgan fingerprint density at radius 3 is 2.85 bits per heavy atom. The van der Waals surface area contributed by atoms with Gasteiger partial charge in [0.25, 0.3) is 0 Å². The van der Waals surface area contributed by atoms with Crippen molar-refractivity contribution in [2.45, 2.75) is 13.5 Å². The first-order valence-electron chi connectivity index (χ1n) is 7.88. The predicted molar refractivity (Wildman–Crippen MR) is 102 cm³/mol. The van der Waals surface area contributed by atoms with E-state index in [0.29, 0.717) is 23.3 Å². The van der Waals surface area contributed by atoms with E-state index in [1.54, 1.807) is 10.9 Å². The molecule has 0 aliphatic heterocycles. The van der Waals surface area contributed by atoms with Gasteiger partial charge in [0, 0.05) is 32.4 Å². The molecule has 0 saturated heterocycles. The van der Waals surface area contributed by atoms with Crippen LogP contribution in [0, 0.1) is 0 Å². The Bertz CT molecular complexity index is 925. The van der Waals surface area contributed by atoms with Gasteiger partial charge in [0.2, 0.25) is 11.9 Å². The van der Waals surface area contributed by atoms with Gasteiger partial charge in [0.15, 0.2) is 5.82 Å². The smallest absolute Gasteiger partial charge is 0.229 e. The number of nitrogens with zero attached hydrogens (tertiary/aromatic N) is 4. The Morgan fingerprint density at radius 2 is 2.12 bits per heavy atom. The zero-order valence-electron chi connectivity index (χ0n) is 14.3. The van der Waals surface area contributed by atoms with Crippen LogP contribution in [0.3, 0.4) is 0 Å². The summed E-state index contributed by atoms with van der Waals surface area (Å²) in [7, 11) is 1.83. The van der Waals surface area contributed by atoms with Crippen LogP contribution in [0.5, 0.6) is 0 Å². The molecule has 0 aliphatic rings. The Morgan fingerprint density at radius 1 is 1.27 bits per heavy atom. The van der Waals surface area contributed by atoms with Gasteiger partial charge in [-0.1, -0.05) is 23.7 Å². The molecule has 3 aromatic rings. The van der Waals surface area contributed by atoms with E-state index >= 15 is 0 Å². The maximum atomic E-state index is 11.2. The Kier molecular flexibility index (Phi) is 5.33. The average molecular weight is 372 g/mol. The molecule has 134 valence electrons. The monoisotopic (exact) mass is 371 g/mol. The van der Waals surface area contributed by atoms with Crippen molar-refractivity contribution in [3.05, 3.63) is 53.4 Å². The minimum absolute atomic E-state index is 0.111. The van der Waals surface area contributed by atoms with Gasteiger partial charge in [-0.3, -0.25) is 9.48 Å². The highest BCUT2D eigenvalue weighted by molar-refractivity contribution is 6.32. The number of carbonyl (C=O) groups excluding carboxylic acids is 1. The fourth-order valence-electron chi connectivity index (χ4n) is 2.31. The number of benzene rings is 1. The quantitative estimate of drug-likeness (QED) is 0.615. The van der Waals surface area contributed by atoms with Gasteiger partial charge >= 0.3 is 0 Å². The highest BCUT2D eigenvalue weighted by Gasteiger charge is 2.07. The number of aromatic nitrogens is 4. The van der Waals surface area contributed by atoms with Crippen molar-refractivity contribution in [3.8, 4) is 0 Å². The van der Waals surface area contributed by atoms with Crippen molar-refractivity contribution in [1.82, 2.24) is 19.7 Å². The van der Waals surface area contributed by atoms with Crippen molar-refractivity contribution in [2.24, 2.45) is 7.05 Å². The Labute approximate surface area is 155 Å². The summed E-state index contributed by atoms with van der Waals surface area (Å²) in [6.07, 6.45) is 5.03. The first-order chi connectivity index (χ1) is 12.5. The van der Waals surface area contributed by atoms with E-state index in [1.165, 1.54) is 13.1 Å². The van der Waals surface area contributed by atoms with E-state index in [0.717, 1.165) is 16.9 Å². The minimum Gasteiger partial charge on any atom is -0.365 e. The first kappa shape index (κ1) is 17.7. The molecule has 2 heterocycles. The summed E-state index contributed by atoms with van der Waals surface area (Å²) in [5.41, 5.74) is 2.50. The van der Waals surface area contributed by atoms with Crippen LogP contribution in [0.25, 0.3) is 0 Å². The summed E-state index contributed by atoms with van der Waals surface area (Å²) >= 11 is 6.18. The van der Waals surface area contributed by atoms with Crippen LogP contribution in [0.1, 0.15) is 12.5 Å². The van der Waals surface area contributed by atoms with Crippen LogP contribution >= 0.6 is 11.6 Å². The lowest BCUT2D eigenvalue weighted by molar-refractivity contribution is -0.114. The summed E-state index contributed by atoms with van der Waals surface area (Å²) < 4.78 is 1.68. The van der Waals surface area contributed by atoms with E-state index < -0.39 is 0 Å². The summed E-state index contributed by atoms with van der Waals surface area (Å²) in [6, 6.07) is 7.54. The van der Waals surface area contributed by atoms with Gasteiger partial charge < -0.3 is 16.0 Å². The molecule has 0 aliphatic carbocycles. The molecular weight excluding hydrogens is 354 g/mol. The molecular formula is C17H18ClN7O. The third-order valence-corrected chi connectivity index (χ3v) is 3.69.